The highest BCUT2D eigenvalue weighted by Crippen LogP contribution is 2.26. The van der Waals surface area contributed by atoms with E-state index in [-0.39, 0.29) is 0 Å². The van der Waals surface area contributed by atoms with Crippen LogP contribution in [-0.2, 0) is 9.09 Å². The van der Waals surface area contributed by atoms with Gasteiger partial charge in [-0.1, -0.05) is 18.2 Å². The van der Waals surface area contributed by atoms with E-state index in [9.17, 15) is 4.57 Å². The van der Waals surface area contributed by atoms with E-state index in [0.29, 0.717) is 12.4 Å². The van der Waals surface area contributed by atoms with Crippen LogP contribution < -0.4 is 4.52 Å². The lowest BCUT2D eigenvalue weighted by molar-refractivity contribution is 0.302. The maximum atomic E-state index is 10.9. The molecule has 1 rings (SSSR count). The molecule has 0 spiro atoms. The summed E-state index contributed by atoms with van der Waals surface area (Å²) < 4.78 is 20.6. The van der Waals surface area contributed by atoms with Gasteiger partial charge in [0.1, 0.15) is 6.61 Å². The van der Waals surface area contributed by atoms with Gasteiger partial charge in [0.25, 0.3) is 0 Å². The Morgan fingerprint density at radius 2 is 2.00 bits per heavy atom. The number of benzene rings is 1. The third-order valence-electron chi connectivity index (χ3n) is 1.16. The van der Waals surface area contributed by atoms with Gasteiger partial charge in [0, 0.05) is 4.57 Å². The number of hydrogen-bond acceptors (Lipinski definition) is 3. The predicted octanol–water partition coefficient (Wildman–Crippen LogP) is 2.76. The van der Waals surface area contributed by atoms with Crippen LogP contribution in [-0.4, -0.2) is 6.61 Å². The van der Waals surface area contributed by atoms with Gasteiger partial charge in [0.15, 0.2) is 5.75 Å². The molecule has 0 aromatic heterocycles. The van der Waals surface area contributed by atoms with Crippen molar-refractivity contribution in [3.8, 4) is 5.75 Å². The van der Waals surface area contributed by atoms with Gasteiger partial charge in [-0.3, -0.25) is 0 Å². The van der Waals surface area contributed by atoms with Crippen molar-refractivity contribution in [3.63, 3.8) is 0 Å². The summed E-state index contributed by atoms with van der Waals surface area (Å²) in [5.41, 5.74) is 0. The van der Waals surface area contributed by atoms with Crippen molar-refractivity contribution < 1.29 is 13.6 Å². The van der Waals surface area contributed by atoms with Crippen LogP contribution in [0.2, 0.25) is 0 Å². The van der Waals surface area contributed by atoms with Crippen molar-refractivity contribution in [1.29, 1.82) is 0 Å². The lowest BCUT2D eigenvalue weighted by atomic mass is 10.3. The lowest BCUT2D eigenvalue weighted by Gasteiger charge is -1.89. The second-order valence-corrected chi connectivity index (χ2v) is 2.93. The topological polar surface area (TPSA) is 35.5 Å². The first kappa shape index (κ1) is 9.17. The average Bonchev–Trinajstić information content (AvgIpc) is 2.06. The zero-order chi connectivity index (χ0) is 8.81. The zero-order valence-corrected chi connectivity index (χ0v) is 7.66. The molecule has 1 aromatic rings. The molecule has 0 saturated carbocycles. The fourth-order valence-electron chi connectivity index (χ4n) is 0.699. The molecule has 12 heavy (non-hydrogen) atoms. The minimum absolute atomic E-state index is 0.391. The largest absolute Gasteiger partial charge is 0.750 e. The maximum Gasteiger partial charge on any atom is 0.750 e. The normalized spacial score (nSPS) is 10.9. The number of para-hydroxylation sites is 1. The predicted molar refractivity (Wildman–Crippen MR) is 46.3 cm³/mol. The van der Waals surface area contributed by atoms with E-state index >= 15 is 0 Å². The van der Waals surface area contributed by atoms with Gasteiger partial charge < -0.3 is 0 Å². The second-order valence-electron chi connectivity index (χ2n) is 2.05. The third-order valence-corrected chi connectivity index (χ3v) is 1.99. The molecule has 1 unspecified atom stereocenters. The lowest BCUT2D eigenvalue weighted by Crippen LogP contribution is -1.85. The van der Waals surface area contributed by atoms with Crippen LogP contribution in [0.4, 0.5) is 0 Å². The highest BCUT2D eigenvalue weighted by molar-refractivity contribution is 7.33. The SMILES string of the molecule is CCO[P+](=O)Oc1ccccc1. The van der Waals surface area contributed by atoms with Crippen LogP contribution >= 0.6 is 8.25 Å². The number of rotatable bonds is 4. The molecule has 0 heterocycles. The molecule has 0 bridgehead atoms. The fraction of sp³-hybridized carbons (Fsp3) is 0.250. The Morgan fingerprint density at radius 1 is 1.33 bits per heavy atom. The summed E-state index contributed by atoms with van der Waals surface area (Å²) in [7, 11) is -2.01. The molecular weight excluding hydrogens is 175 g/mol. The van der Waals surface area contributed by atoms with Gasteiger partial charge >= 0.3 is 8.25 Å². The molecule has 0 aliphatic carbocycles. The standard InChI is InChI=1S/C8H10O3P/c1-2-10-12(9)11-8-6-4-3-5-7-8/h3-7H,2H2,1H3/q+1. The zero-order valence-electron chi connectivity index (χ0n) is 6.77. The number of hydrogen-bond donors (Lipinski definition) is 0. The van der Waals surface area contributed by atoms with Crippen LogP contribution in [0.1, 0.15) is 6.92 Å². The second kappa shape index (κ2) is 4.86. The van der Waals surface area contributed by atoms with Crippen molar-refractivity contribution >= 4 is 8.25 Å². The highest BCUT2D eigenvalue weighted by Gasteiger charge is 2.19. The molecule has 0 saturated heterocycles. The van der Waals surface area contributed by atoms with Crippen LogP contribution in [0.25, 0.3) is 0 Å². The molecule has 4 heteroatoms. The maximum absolute atomic E-state index is 10.9. The monoisotopic (exact) mass is 185 g/mol. The quantitative estimate of drug-likeness (QED) is 0.676. The van der Waals surface area contributed by atoms with Crippen LogP contribution in [0, 0.1) is 0 Å². The van der Waals surface area contributed by atoms with Gasteiger partial charge in [-0.15, -0.1) is 4.52 Å². The molecule has 3 nitrogen and oxygen atoms in total. The van der Waals surface area contributed by atoms with Crippen LogP contribution in [0.5, 0.6) is 5.75 Å². The van der Waals surface area contributed by atoms with E-state index in [1.54, 1.807) is 19.1 Å². The van der Waals surface area contributed by atoms with Crippen molar-refractivity contribution in [2.45, 2.75) is 6.92 Å². The van der Waals surface area contributed by atoms with Crippen LogP contribution in [0.15, 0.2) is 30.3 Å². The fourth-order valence-corrected chi connectivity index (χ4v) is 1.26. The summed E-state index contributed by atoms with van der Waals surface area (Å²) in [4.78, 5) is 0. The molecular formula is C8H10O3P+. The average molecular weight is 185 g/mol. The first-order chi connectivity index (χ1) is 5.83. The Hall–Kier alpha value is -0.920. The van der Waals surface area contributed by atoms with Crippen LogP contribution in [0.3, 0.4) is 0 Å². The third kappa shape index (κ3) is 2.99. The molecule has 0 fully saturated rings. The van der Waals surface area contributed by atoms with Gasteiger partial charge in [-0.05, 0) is 19.1 Å². The van der Waals surface area contributed by atoms with E-state index < -0.39 is 8.25 Å². The van der Waals surface area contributed by atoms with Crippen molar-refractivity contribution in [1.82, 2.24) is 0 Å². The van der Waals surface area contributed by atoms with Crippen molar-refractivity contribution in [2.75, 3.05) is 6.61 Å². The molecule has 0 radical (unpaired) electrons. The smallest absolute Gasteiger partial charge is 0.229 e. The van der Waals surface area contributed by atoms with Gasteiger partial charge in [0.2, 0.25) is 0 Å². The van der Waals surface area contributed by atoms with Crippen molar-refractivity contribution in [2.24, 2.45) is 0 Å². The highest BCUT2D eigenvalue weighted by atomic mass is 31.1. The molecule has 0 aliphatic heterocycles. The van der Waals surface area contributed by atoms with E-state index in [4.69, 9.17) is 9.05 Å². The summed E-state index contributed by atoms with van der Waals surface area (Å²) in [6.07, 6.45) is 0. The van der Waals surface area contributed by atoms with Crippen molar-refractivity contribution in [3.05, 3.63) is 30.3 Å². The minimum atomic E-state index is -2.01. The Bertz CT molecular complexity index is 248. The Labute approximate surface area is 72.3 Å². The van der Waals surface area contributed by atoms with E-state index in [0.717, 1.165) is 0 Å². The van der Waals surface area contributed by atoms with Gasteiger partial charge in [-0.25, -0.2) is 4.52 Å². The minimum Gasteiger partial charge on any atom is -0.229 e. The van der Waals surface area contributed by atoms with E-state index in [1.165, 1.54) is 0 Å². The molecule has 0 amide bonds. The Morgan fingerprint density at radius 3 is 2.58 bits per heavy atom. The van der Waals surface area contributed by atoms with E-state index in [2.05, 4.69) is 0 Å². The first-order valence-electron chi connectivity index (χ1n) is 3.66. The molecule has 1 aromatic carbocycles. The summed E-state index contributed by atoms with van der Waals surface area (Å²) in [5, 5.41) is 0. The molecule has 0 aliphatic rings. The molecule has 64 valence electrons. The molecule has 1 atom stereocenters. The summed E-state index contributed by atoms with van der Waals surface area (Å²) in [6.45, 7) is 2.16. The summed E-state index contributed by atoms with van der Waals surface area (Å²) in [6, 6.07) is 8.94. The van der Waals surface area contributed by atoms with Gasteiger partial charge in [-0.2, -0.15) is 0 Å². The first-order valence-corrected chi connectivity index (χ1v) is 4.75. The summed E-state index contributed by atoms with van der Waals surface area (Å²) in [5.74, 6) is 0.562. The Balaban J connectivity index is 2.47. The molecule has 0 N–H and O–H groups in total. The Kier molecular flexibility index (Phi) is 3.71. The van der Waals surface area contributed by atoms with E-state index in [1.807, 2.05) is 18.2 Å². The van der Waals surface area contributed by atoms with Gasteiger partial charge in [0.05, 0.1) is 0 Å². The summed E-state index contributed by atoms with van der Waals surface area (Å²) >= 11 is 0.